The lowest BCUT2D eigenvalue weighted by molar-refractivity contribution is 0.415. The second-order valence-corrected chi connectivity index (χ2v) is 5.55. The number of aromatic nitrogens is 2. The minimum Gasteiger partial charge on any atom is -0.497 e. The summed E-state index contributed by atoms with van der Waals surface area (Å²) in [6.07, 6.45) is 1.90. The molecule has 2 aromatic rings. The summed E-state index contributed by atoms with van der Waals surface area (Å²) in [5, 5.41) is 4.21. The predicted molar refractivity (Wildman–Crippen MR) is 82.8 cm³/mol. The molecule has 2 rings (SSSR count). The quantitative estimate of drug-likeness (QED) is 0.498. The largest absolute Gasteiger partial charge is 0.497 e. The molecule has 4 nitrogen and oxygen atoms in total. The topological polar surface area (TPSA) is 47.0 Å². The number of ether oxygens (including phenoxy) is 1. The van der Waals surface area contributed by atoms with Crippen LogP contribution in [0.3, 0.4) is 0 Å². The smallest absolute Gasteiger partial charge is 0.190 e. The van der Waals surface area contributed by atoms with Gasteiger partial charge in [0, 0.05) is 16.6 Å². The van der Waals surface area contributed by atoms with E-state index in [9.17, 15) is 0 Å². The van der Waals surface area contributed by atoms with Crippen molar-refractivity contribution in [2.45, 2.75) is 5.16 Å². The van der Waals surface area contributed by atoms with Gasteiger partial charge in [-0.05, 0) is 34.3 Å². The van der Waals surface area contributed by atoms with Crippen LogP contribution in [-0.4, -0.2) is 23.3 Å². The van der Waals surface area contributed by atoms with Crippen molar-refractivity contribution < 1.29 is 4.74 Å². The van der Waals surface area contributed by atoms with Gasteiger partial charge in [-0.3, -0.25) is 0 Å². The van der Waals surface area contributed by atoms with Gasteiger partial charge in [-0.25, -0.2) is 9.97 Å². The van der Waals surface area contributed by atoms with Crippen LogP contribution >= 0.6 is 39.3 Å². The minimum atomic E-state index is 0.404. The fraction of sp³-hybridized carbons (Fsp3) is 0.167. The van der Waals surface area contributed by atoms with Crippen molar-refractivity contribution in [1.82, 2.24) is 9.97 Å². The first kappa shape index (κ1) is 14.4. The molecule has 0 atom stereocenters. The van der Waals surface area contributed by atoms with E-state index in [1.54, 1.807) is 13.2 Å². The van der Waals surface area contributed by atoms with E-state index in [0.717, 1.165) is 15.9 Å². The third-order valence-electron chi connectivity index (χ3n) is 2.29. The Bertz CT molecular complexity index is 597. The number of halogens is 2. The molecule has 0 radical (unpaired) electrons. The highest BCUT2D eigenvalue weighted by atomic mass is 79.9. The zero-order valence-electron chi connectivity index (χ0n) is 10.3. The summed E-state index contributed by atoms with van der Waals surface area (Å²) >= 11 is 10.9. The summed E-state index contributed by atoms with van der Waals surface area (Å²) in [7, 11) is 1.63. The maximum absolute atomic E-state index is 5.95. The lowest BCUT2D eigenvalue weighted by atomic mass is 10.3. The Hall–Kier alpha value is -0.980. The Labute approximate surface area is 129 Å². The number of anilines is 2. The van der Waals surface area contributed by atoms with Gasteiger partial charge >= 0.3 is 0 Å². The first-order chi connectivity index (χ1) is 9.12. The summed E-state index contributed by atoms with van der Waals surface area (Å²) < 4.78 is 6.10. The third-order valence-corrected chi connectivity index (χ3v) is 3.73. The Morgan fingerprint density at radius 2 is 2.11 bits per heavy atom. The Kier molecular flexibility index (Phi) is 4.90. The summed E-state index contributed by atoms with van der Waals surface area (Å²) in [5.41, 5.74) is 0.848. The fourth-order valence-corrected chi connectivity index (χ4v) is 2.38. The van der Waals surface area contributed by atoms with Crippen molar-refractivity contribution in [3.63, 3.8) is 0 Å². The lowest BCUT2D eigenvalue weighted by Crippen LogP contribution is -1.98. The Balaban J connectivity index is 2.32. The molecule has 19 heavy (non-hydrogen) atoms. The molecule has 7 heteroatoms. The van der Waals surface area contributed by atoms with Gasteiger partial charge in [0.05, 0.1) is 12.8 Å². The van der Waals surface area contributed by atoms with Gasteiger partial charge < -0.3 is 10.1 Å². The van der Waals surface area contributed by atoms with E-state index in [1.165, 1.54) is 11.8 Å². The maximum Gasteiger partial charge on any atom is 0.190 e. The van der Waals surface area contributed by atoms with Gasteiger partial charge in [-0.2, -0.15) is 0 Å². The minimum absolute atomic E-state index is 0.404. The van der Waals surface area contributed by atoms with Crippen molar-refractivity contribution in [3.05, 3.63) is 33.9 Å². The highest BCUT2D eigenvalue weighted by molar-refractivity contribution is 9.10. The van der Waals surface area contributed by atoms with Crippen molar-refractivity contribution in [1.29, 1.82) is 0 Å². The molecule has 0 saturated heterocycles. The number of nitrogens with zero attached hydrogens (tertiary/aromatic N) is 2. The van der Waals surface area contributed by atoms with Crippen LogP contribution in [0.15, 0.2) is 33.9 Å². The molecule has 1 aromatic carbocycles. The molecule has 0 bridgehead atoms. The van der Waals surface area contributed by atoms with Gasteiger partial charge in [0.1, 0.15) is 16.7 Å². The number of hydrogen-bond donors (Lipinski definition) is 1. The highest BCUT2D eigenvalue weighted by Crippen LogP contribution is 2.30. The first-order valence-corrected chi connectivity index (χ1v) is 7.71. The molecule has 1 heterocycles. The van der Waals surface area contributed by atoms with Gasteiger partial charge in [-0.1, -0.05) is 23.4 Å². The summed E-state index contributed by atoms with van der Waals surface area (Å²) in [4.78, 5) is 8.43. The number of thioether (sulfide) groups is 1. The van der Waals surface area contributed by atoms with Gasteiger partial charge in [0.15, 0.2) is 5.16 Å². The van der Waals surface area contributed by atoms with E-state index >= 15 is 0 Å². The van der Waals surface area contributed by atoms with Crippen molar-refractivity contribution in [3.8, 4) is 5.75 Å². The molecule has 0 amide bonds. The van der Waals surface area contributed by atoms with E-state index in [0.29, 0.717) is 16.1 Å². The van der Waals surface area contributed by atoms with Crippen LogP contribution in [0.2, 0.25) is 5.15 Å². The zero-order chi connectivity index (χ0) is 13.8. The first-order valence-electron chi connectivity index (χ1n) is 5.31. The van der Waals surface area contributed by atoms with Crippen LogP contribution in [0.1, 0.15) is 0 Å². The molecule has 100 valence electrons. The van der Waals surface area contributed by atoms with Gasteiger partial charge in [-0.15, -0.1) is 0 Å². The molecule has 0 unspecified atom stereocenters. The molecular weight excluding hydrogens is 350 g/mol. The van der Waals surface area contributed by atoms with E-state index in [4.69, 9.17) is 16.3 Å². The van der Waals surface area contributed by atoms with Crippen LogP contribution in [0.4, 0.5) is 11.5 Å². The maximum atomic E-state index is 5.95. The average molecular weight is 361 g/mol. The monoisotopic (exact) mass is 359 g/mol. The van der Waals surface area contributed by atoms with E-state index < -0.39 is 0 Å². The average Bonchev–Trinajstić information content (AvgIpc) is 2.40. The van der Waals surface area contributed by atoms with Crippen LogP contribution < -0.4 is 10.1 Å². The molecule has 0 aliphatic carbocycles. The standard InChI is InChI=1S/C12H11BrClN3OS/c1-18-7-3-4-8(13)9(5-7)15-11-6-10(14)16-12(17-11)19-2/h3-6H,1-2H3,(H,15,16,17). The van der Waals surface area contributed by atoms with E-state index in [1.807, 2.05) is 24.5 Å². The number of hydrogen-bond acceptors (Lipinski definition) is 5. The summed E-state index contributed by atoms with van der Waals surface area (Å²) in [6, 6.07) is 7.32. The van der Waals surface area contributed by atoms with Crippen molar-refractivity contribution >= 4 is 50.8 Å². The van der Waals surface area contributed by atoms with E-state index in [2.05, 4.69) is 31.2 Å². The normalized spacial score (nSPS) is 10.3. The zero-order valence-corrected chi connectivity index (χ0v) is 13.4. The third kappa shape index (κ3) is 3.75. The summed E-state index contributed by atoms with van der Waals surface area (Å²) in [5.74, 6) is 1.40. The van der Waals surface area contributed by atoms with Gasteiger partial charge in [0.2, 0.25) is 0 Å². The second-order valence-electron chi connectivity index (χ2n) is 3.53. The van der Waals surface area contributed by atoms with Crippen LogP contribution in [-0.2, 0) is 0 Å². The SMILES string of the molecule is COc1ccc(Br)c(Nc2cc(Cl)nc(SC)n2)c1. The van der Waals surface area contributed by atoms with Crippen LogP contribution in [0.5, 0.6) is 5.75 Å². The Morgan fingerprint density at radius 1 is 1.32 bits per heavy atom. The molecule has 0 fully saturated rings. The fourth-order valence-electron chi connectivity index (χ4n) is 1.42. The second kappa shape index (κ2) is 6.45. The molecule has 0 spiro atoms. The molecule has 0 aliphatic rings. The number of benzene rings is 1. The number of nitrogens with one attached hydrogen (secondary N) is 1. The van der Waals surface area contributed by atoms with Crippen LogP contribution in [0.25, 0.3) is 0 Å². The highest BCUT2D eigenvalue weighted by Gasteiger charge is 2.06. The van der Waals surface area contributed by atoms with Crippen molar-refractivity contribution in [2.24, 2.45) is 0 Å². The lowest BCUT2D eigenvalue weighted by Gasteiger charge is -2.10. The molecule has 1 N–H and O–H groups in total. The summed E-state index contributed by atoms with van der Waals surface area (Å²) in [6.45, 7) is 0. The van der Waals surface area contributed by atoms with Gasteiger partial charge in [0.25, 0.3) is 0 Å². The van der Waals surface area contributed by atoms with Crippen molar-refractivity contribution in [2.75, 3.05) is 18.7 Å². The Morgan fingerprint density at radius 3 is 2.79 bits per heavy atom. The molecule has 1 aromatic heterocycles. The molecular formula is C12H11BrClN3OS. The van der Waals surface area contributed by atoms with Crippen LogP contribution in [0, 0.1) is 0 Å². The molecule has 0 aliphatic heterocycles. The number of methoxy groups -OCH3 is 1. The number of rotatable bonds is 4. The molecule has 0 saturated carbocycles. The predicted octanol–water partition coefficient (Wildman–Crippen LogP) is 4.37. The van der Waals surface area contributed by atoms with E-state index in [-0.39, 0.29) is 0 Å².